The van der Waals surface area contributed by atoms with E-state index in [2.05, 4.69) is 11.8 Å². The number of hydrogen-bond donors (Lipinski definition) is 1. The van der Waals surface area contributed by atoms with Crippen molar-refractivity contribution in [3.8, 4) is 11.8 Å². The Morgan fingerprint density at radius 1 is 1.27 bits per heavy atom. The first kappa shape index (κ1) is 8.62. The molecule has 0 bridgehead atoms. The Hall–Kier alpha value is -0.480. The van der Waals surface area contributed by atoms with E-state index in [0.29, 0.717) is 0 Å². The molecule has 1 nitrogen and oxygen atoms in total. The third-order valence-corrected chi connectivity index (χ3v) is 2.18. The fourth-order valence-electron chi connectivity index (χ4n) is 1.51. The zero-order valence-corrected chi connectivity index (χ0v) is 7.19. The summed E-state index contributed by atoms with van der Waals surface area (Å²) in [4.78, 5) is 0. The smallest absolute Gasteiger partial charge is 0.125 e. The number of hydrogen-bond acceptors (Lipinski definition) is 1. The molecular weight excluding hydrogens is 136 g/mol. The van der Waals surface area contributed by atoms with Crippen molar-refractivity contribution in [3.05, 3.63) is 0 Å². The molecule has 11 heavy (non-hydrogen) atoms. The highest BCUT2D eigenvalue weighted by Gasteiger charge is 2.26. The molecule has 0 aromatic carbocycles. The van der Waals surface area contributed by atoms with Gasteiger partial charge in [-0.3, -0.25) is 0 Å². The molecule has 1 fully saturated rings. The lowest BCUT2D eigenvalue weighted by molar-refractivity contribution is 0.0609. The van der Waals surface area contributed by atoms with Gasteiger partial charge < -0.3 is 5.11 Å². The molecule has 0 atom stereocenters. The molecule has 1 aliphatic rings. The van der Waals surface area contributed by atoms with E-state index in [1.807, 2.05) is 6.92 Å². The molecule has 1 heteroatoms. The summed E-state index contributed by atoms with van der Waals surface area (Å²) >= 11 is 0. The minimum Gasteiger partial charge on any atom is -0.378 e. The van der Waals surface area contributed by atoms with Crippen LogP contribution < -0.4 is 0 Å². The van der Waals surface area contributed by atoms with Gasteiger partial charge in [0.25, 0.3) is 0 Å². The topological polar surface area (TPSA) is 20.2 Å². The lowest BCUT2D eigenvalue weighted by Gasteiger charge is -2.26. The van der Waals surface area contributed by atoms with E-state index in [1.54, 1.807) is 0 Å². The zero-order chi connectivity index (χ0) is 8.16. The first-order valence-electron chi connectivity index (χ1n) is 4.49. The summed E-state index contributed by atoms with van der Waals surface area (Å²) in [7, 11) is 0. The summed E-state index contributed by atoms with van der Waals surface area (Å²) in [5.41, 5.74) is -0.631. The van der Waals surface area contributed by atoms with Crippen molar-refractivity contribution in [2.45, 2.75) is 51.0 Å². The second kappa shape index (κ2) is 3.78. The number of aliphatic hydroxyl groups is 1. The minimum absolute atomic E-state index is 0.631. The molecule has 62 valence electrons. The zero-order valence-electron chi connectivity index (χ0n) is 7.19. The Balaban J connectivity index is 2.49. The van der Waals surface area contributed by atoms with Gasteiger partial charge in [-0.15, -0.1) is 5.92 Å². The van der Waals surface area contributed by atoms with Crippen LogP contribution in [0.5, 0.6) is 0 Å². The molecule has 0 amide bonds. The van der Waals surface area contributed by atoms with Crippen LogP contribution in [0.3, 0.4) is 0 Å². The maximum absolute atomic E-state index is 9.83. The first-order valence-corrected chi connectivity index (χ1v) is 4.49. The van der Waals surface area contributed by atoms with Crippen LogP contribution in [0.2, 0.25) is 0 Å². The van der Waals surface area contributed by atoms with E-state index in [-0.39, 0.29) is 0 Å². The first-order chi connectivity index (χ1) is 5.27. The van der Waals surface area contributed by atoms with Crippen LogP contribution in [0.1, 0.15) is 45.4 Å². The molecule has 0 aliphatic heterocycles. The highest BCUT2D eigenvalue weighted by atomic mass is 16.3. The Kier molecular flexibility index (Phi) is 2.96. The van der Waals surface area contributed by atoms with Gasteiger partial charge in [0.1, 0.15) is 5.60 Å². The van der Waals surface area contributed by atoms with Crippen molar-refractivity contribution in [3.63, 3.8) is 0 Å². The minimum atomic E-state index is -0.631. The summed E-state index contributed by atoms with van der Waals surface area (Å²) in [6.07, 6.45) is 6.13. The monoisotopic (exact) mass is 152 g/mol. The molecule has 1 saturated carbocycles. The molecule has 1 rings (SSSR count). The third kappa shape index (κ3) is 2.55. The lowest BCUT2D eigenvalue weighted by Crippen LogP contribution is -2.29. The van der Waals surface area contributed by atoms with E-state index in [4.69, 9.17) is 0 Å². The van der Waals surface area contributed by atoms with Gasteiger partial charge in [0.2, 0.25) is 0 Å². The van der Waals surface area contributed by atoms with Crippen LogP contribution in [-0.2, 0) is 0 Å². The van der Waals surface area contributed by atoms with E-state index in [9.17, 15) is 5.11 Å². The molecular formula is C10H16O. The van der Waals surface area contributed by atoms with Crippen molar-refractivity contribution in [2.75, 3.05) is 0 Å². The SMILES string of the molecule is CCC#CC1(O)CCCCC1. The van der Waals surface area contributed by atoms with Crippen LogP contribution in [-0.4, -0.2) is 10.7 Å². The summed E-state index contributed by atoms with van der Waals surface area (Å²) in [5.74, 6) is 5.91. The largest absolute Gasteiger partial charge is 0.378 e. The average Bonchev–Trinajstić information content (AvgIpc) is 2.03. The standard InChI is InChI=1S/C10H16O/c1-2-3-7-10(11)8-5-4-6-9-10/h11H,2,4-6,8-9H2,1H3. The second-order valence-corrected chi connectivity index (χ2v) is 3.25. The summed E-state index contributed by atoms with van der Waals surface area (Å²) in [6, 6.07) is 0. The Morgan fingerprint density at radius 2 is 1.91 bits per heavy atom. The quantitative estimate of drug-likeness (QED) is 0.527. The van der Waals surface area contributed by atoms with Crippen LogP contribution in [0, 0.1) is 11.8 Å². The van der Waals surface area contributed by atoms with Crippen molar-refractivity contribution in [2.24, 2.45) is 0 Å². The summed E-state index contributed by atoms with van der Waals surface area (Å²) in [6.45, 7) is 2.01. The van der Waals surface area contributed by atoms with Crippen molar-refractivity contribution in [1.29, 1.82) is 0 Å². The molecule has 0 radical (unpaired) electrons. The predicted molar refractivity (Wildman–Crippen MR) is 46.1 cm³/mol. The van der Waals surface area contributed by atoms with Gasteiger partial charge in [0, 0.05) is 6.42 Å². The molecule has 1 N–H and O–H groups in total. The van der Waals surface area contributed by atoms with Crippen LogP contribution in [0.4, 0.5) is 0 Å². The molecule has 0 spiro atoms. The van der Waals surface area contributed by atoms with Crippen LogP contribution >= 0.6 is 0 Å². The molecule has 0 aromatic rings. The van der Waals surface area contributed by atoms with Gasteiger partial charge >= 0.3 is 0 Å². The Labute approximate surface area is 68.8 Å². The Bertz CT molecular complexity index is 167. The van der Waals surface area contributed by atoms with Gasteiger partial charge in [0.15, 0.2) is 0 Å². The van der Waals surface area contributed by atoms with Gasteiger partial charge in [-0.25, -0.2) is 0 Å². The van der Waals surface area contributed by atoms with Gasteiger partial charge in [-0.2, -0.15) is 0 Å². The van der Waals surface area contributed by atoms with E-state index in [1.165, 1.54) is 6.42 Å². The van der Waals surface area contributed by atoms with E-state index < -0.39 is 5.60 Å². The molecule has 0 unspecified atom stereocenters. The normalized spacial score (nSPS) is 22.0. The van der Waals surface area contributed by atoms with Gasteiger partial charge in [-0.05, 0) is 25.7 Å². The van der Waals surface area contributed by atoms with E-state index >= 15 is 0 Å². The Morgan fingerprint density at radius 3 is 2.45 bits per heavy atom. The highest BCUT2D eigenvalue weighted by Crippen LogP contribution is 2.26. The summed E-state index contributed by atoms with van der Waals surface area (Å²) in [5, 5.41) is 9.83. The molecule has 0 aromatic heterocycles. The van der Waals surface area contributed by atoms with Crippen molar-refractivity contribution < 1.29 is 5.11 Å². The van der Waals surface area contributed by atoms with Gasteiger partial charge in [-0.1, -0.05) is 19.3 Å². The molecule has 1 aliphatic carbocycles. The second-order valence-electron chi connectivity index (χ2n) is 3.25. The summed E-state index contributed by atoms with van der Waals surface area (Å²) < 4.78 is 0. The van der Waals surface area contributed by atoms with Crippen molar-refractivity contribution >= 4 is 0 Å². The molecule has 0 saturated heterocycles. The van der Waals surface area contributed by atoms with Crippen molar-refractivity contribution in [1.82, 2.24) is 0 Å². The predicted octanol–water partition coefficient (Wildman–Crippen LogP) is 2.09. The highest BCUT2D eigenvalue weighted by molar-refractivity contribution is 5.14. The van der Waals surface area contributed by atoms with E-state index in [0.717, 1.165) is 32.1 Å². The van der Waals surface area contributed by atoms with Crippen LogP contribution in [0.25, 0.3) is 0 Å². The third-order valence-electron chi connectivity index (χ3n) is 2.18. The van der Waals surface area contributed by atoms with Gasteiger partial charge in [0.05, 0.1) is 0 Å². The fourth-order valence-corrected chi connectivity index (χ4v) is 1.51. The molecule has 0 heterocycles. The maximum atomic E-state index is 9.83. The number of rotatable bonds is 0. The van der Waals surface area contributed by atoms with Crippen LogP contribution in [0.15, 0.2) is 0 Å². The average molecular weight is 152 g/mol. The lowest BCUT2D eigenvalue weighted by atomic mass is 9.85. The fraction of sp³-hybridized carbons (Fsp3) is 0.800. The maximum Gasteiger partial charge on any atom is 0.125 e.